The molecule has 0 bridgehead atoms. The third-order valence-corrected chi connectivity index (χ3v) is 5.70. The van der Waals surface area contributed by atoms with Gasteiger partial charge in [-0.1, -0.05) is 5.16 Å². The molecule has 2 heterocycles. The number of hydrogen-bond donors (Lipinski definition) is 0. The number of carbonyl (C=O) groups is 1. The SMILES string of the molecule is COc1ccc(-c2cc(C(=O)CN3CC(C)OC(C)C3)on2)cc1OC1CCCC1. The fraction of sp³-hybridized carbons (Fsp3) is 0.565. The fourth-order valence-corrected chi connectivity index (χ4v) is 4.35. The molecule has 1 aromatic carbocycles. The van der Waals surface area contributed by atoms with E-state index in [1.54, 1.807) is 13.2 Å². The summed E-state index contributed by atoms with van der Waals surface area (Å²) < 4.78 is 22.7. The predicted molar refractivity (Wildman–Crippen MR) is 112 cm³/mol. The van der Waals surface area contributed by atoms with Gasteiger partial charge in [-0.05, 0) is 57.7 Å². The lowest BCUT2D eigenvalue weighted by Gasteiger charge is -2.34. The van der Waals surface area contributed by atoms with Crippen LogP contribution in [0.25, 0.3) is 11.3 Å². The molecular formula is C23H30N2O5. The van der Waals surface area contributed by atoms with E-state index in [0.29, 0.717) is 23.7 Å². The monoisotopic (exact) mass is 414 g/mol. The summed E-state index contributed by atoms with van der Waals surface area (Å²) in [6.07, 6.45) is 4.98. The van der Waals surface area contributed by atoms with Gasteiger partial charge in [-0.15, -0.1) is 0 Å². The van der Waals surface area contributed by atoms with Crippen LogP contribution in [0.3, 0.4) is 0 Å². The van der Waals surface area contributed by atoms with Gasteiger partial charge in [0, 0.05) is 24.7 Å². The average molecular weight is 415 g/mol. The molecule has 162 valence electrons. The third kappa shape index (κ3) is 4.84. The van der Waals surface area contributed by atoms with Gasteiger partial charge < -0.3 is 18.7 Å². The van der Waals surface area contributed by atoms with Crippen molar-refractivity contribution in [3.05, 3.63) is 30.0 Å². The molecule has 1 aliphatic heterocycles. The zero-order chi connectivity index (χ0) is 21.1. The quantitative estimate of drug-likeness (QED) is 0.635. The highest BCUT2D eigenvalue weighted by molar-refractivity contribution is 5.95. The molecule has 0 radical (unpaired) electrons. The number of Topliss-reactive ketones (excluding diaryl/α,β-unsaturated/α-hetero) is 1. The molecule has 7 heteroatoms. The van der Waals surface area contributed by atoms with E-state index >= 15 is 0 Å². The molecule has 1 aliphatic carbocycles. The van der Waals surface area contributed by atoms with Crippen LogP contribution in [0.4, 0.5) is 0 Å². The summed E-state index contributed by atoms with van der Waals surface area (Å²) in [6, 6.07) is 7.38. The van der Waals surface area contributed by atoms with Gasteiger partial charge in [-0.25, -0.2) is 0 Å². The van der Waals surface area contributed by atoms with Crippen molar-refractivity contribution >= 4 is 5.78 Å². The highest BCUT2D eigenvalue weighted by Gasteiger charge is 2.26. The summed E-state index contributed by atoms with van der Waals surface area (Å²) in [7, 11) is 1.64. The molecule has 7 nitrogen and oxygen atoms in total. The highest BCUT2D eigenvalue weighted by atomic mass is 16.5. The fourth-order valence-electron chi connectivity index (χ4n) is 4.35. The molecule has 2 atom stereocenters. The Balaban J connectivity index is 1.47. The van der Waals surface area contributed by atoms with Gasteiger partial charge in [0.15, 0.2) is 11.5 Å². The summed E-state index contributed by atoms with van der Waals surface area (Å²) in [4.78, 5) is 14.8. The molecule has 1 saturated heterocycles. The van der Waals surface area contributed by atoms with Crippen molar-refractivity contribution < 1.29 is 23.5 Å². The third-order valence-electron chi connectivity index (χ3n) is 5.70. The van der Waals surface area contributed by atoms with Crippen molar-refractivity contribution in [1.82, 2.24) is 10.1 Å². The van der Waals surface area contributed by atoms with Gasteiger partial charge in [0.1, 0.15) is 5.69 Å². The summed E-state index contributed by atoms with van der Waals surface area (Å²) in [5.74, 6) is 1.59. The summed E-state index contributed by atoms with van der Waals surface area (Å²) in [5.41, 5.74) is 1.45. The average Bonchev–Trinajstić information content (AvgIpc) is 3.39. The van der Waals surface area contributed by atoms with Crippen molar-refractivity contribution in [3.63, 3.8) is 0 Å². The van der Waals surface area contributed by atoms with E-state index < -0.39 is 0 Å². The molecule has 4 rings (SSSR count). The zero-order valence-electron chi connectivity index (χ0n) is 17.9. The van der Waals surface area contributed by atoms with Gasteiger partial charge in [-0.3, -0.25) is 9.69 Å². The van der Waals surface area contributed by atoms with Crippen LogP contribution in [0.1, 0.15) is 50.1 Å². The molecule has 2 aliphatic rings. The van der Waals surface area contributed by atoms with Gasteiger partial charge in [0.25, 0.3) is 0 Å². The Morgan fingerprint density at radius 3 is 2.57 bits per heavy atom. The Hall–Kier alpha value is -2.38. The molecule has 1 saturated carbocycles. The number of carbonyl (C=O) groups excluding carboxylic acids is 1. The highest BCUT2D eigenvalue weighted by Crippen LogP contribution is 2.35. The van der Waals surface area contributed by atoms with Crippen molar-refractivity contribution in [3.8, 4) is 22.8 Å². The smallest absolute Gasteiger partial charge is 0.214 e. The van der Waals surface area contributed by atoms with Crippen LogP contribution >= 0.6 is 0 Å². The normalized spacial score (nSPS) is 22.9. The lowest BCUT2D eigenvalue weighted by molar-refractivity contribution is -0.0653. The van der Waals surface area contributed by atoms with Crippen molar-refractivity contribution in [2.45, 2.75) is 57.8 Å². The maximum absolute atomic E-state index is 12.7. The molecule has 2 fully saturated rings. The van der Waals surface area contributed by atoms with Gasteiger partial charge in [0.05, 0.1) is 32.0 Å². The predicted octanol–water partition coefficient (Wildman–Crippen LogP) is 3.96. The Morgan fingerprint density at radius 1 is 1.13 bits per heavy atom. The second kappa shape index (κ2) is 9.18. The Labute approximate surface area is 177 Å². The molecule has 2 unspecified atom stereocenters. The number of nitrogens with zero attached hydrogens (tertiary/aromatic N) is 2. The first-order valence-electron chi connectivity index (χ1n) is 10.7. The Kier molecular flexibility index (Phi) is 6.39. The minimum Gasteiger partial charge on any atom is -0.493 e. The van der Waals surface area contributed by atoms with Crippen molar-refractivity contribution in [2.24, 2.45) is 0 Å². The van der Waals surface area contributed by atoms with Gasteiger partial charge >= 0.3 is 0 Å². The van der Waals surface area contributed by atoms with E-state index in [9.17, 15) is 4.79 Å². The first kappa shape index (κ1) is 20.9. The Morgan fingerprint density at radius 2 is 1.87 bits per heavy atom. The van der Waals surface area contributed by atoms with Crippen LogP contribution in [0.15, 0.2) is 28.8 Å². The van der Waals surface area contributed by atoms with Gasteiger partial charge in [0.2, 0.25) is 11.5 Å². The number of morpholine rings is 1. The minimum atomic E-state index is -0.0778. The number of methoxy groups -OCH3 is 1. The van der Waals surface area contributed by atoms with Crippen LogP contribution < -0.4 is 9.47 Å². The largest absolute Gasteiger partial charge is 0.493 e. The van der Waals surface area contributed by atoms with Crippen LogP contribution in [-0.4, -0.2) is 60.9 Å². The zero-order valence-corrected chi connectivity index (χ0v) is 17.9. The summed E-state index contributed by atoms with van der Waals surface area (Å²) in [5, 5.41) is 4.12. The van der Waals surface area contributed by atoms with Crippen LogP contribution in [0, 0.1) is 0 Å². The standard InChI is InChI=1S/C23H30N2O5/c1-15-12-25(13-16(2)28-15)14-20(26)22-11-19(24-30-22)17-8-9-21(27-3)23(10-17)29-18-6-4-5-7-18/h8-11,15-16,18H,4-7,12-14H2,1-3H3. The number of ether oxygens (including phenoxy) is 3. The Bertz CT molecular complexity index is 864. The number of aromatic nitrogens is 1. The lowest BCUT2D eigenvalue weighted by Crippen LogP contribution is -2.47. The number of rotatable bonds is 7. The molecule has 0 amide bonds. The summed E-state index contributed by atoms with van der Waals surface area (Å²) in [6.45, 7) is 5.81. The minimum absolute atomic E-state index is 0.0778. The second-order valence-electron chi connectivity index (χ2n) is 8.34. The second-order valence-corrected chi connectivity index (χ2v) is 8.34. The molecule has 1 aromatic heterocycles. The van der Waals surface area contributed by atoms with Crippen molar-refractivity contribution in [2.75, 3.05) is 26.7 Å². The lowest BCUT2D eigenvalue weighted by atomic mass is 10.1. The maximum Gasteiger partial charge on any atom is 0.214 e. The molecule has 0 spiro atoms. The van der Waals surface area contributed by atoms with Crippen molar-refractivity contribution in [1.29, 1.82) is 0 Å². The van der Waals surface area contributed by atoms with E-state index in [-0.39, 0.29) is 29.9 Å². The number of ketones is 1. The molecular weight excluding hydrogens is 384 g/mol. The van der Waals surface area contributed by atoms with E-state index in [4.69, 9.17) is 18.7 Å². The molecule has 2 aromatic rings. The molecule has 0 N–H and O–H groups in total. The van der Waals surface area contributed by atoms with Crippen LogP contribution in [-0.2, 0) is 4.74 Å². The van der Waals surface area contributed by atoms with E-state index in [1.165, 1.54) is 12.8 Å². The van der Waals surface area contributed by atoms with E-state index in [0.717, 1.165) is 31.5 Å². The topological polar surface area (TPSA) is 74.0 Å². The van der Waals surface area contributed by atoms with Crippen LogP contribution in [0.5, 0.6) is 11.5 Å². The first-order valence-corrected chi connectivity index (χ1v) is 10.7. The maximum atomic E-state index is 12.7. The number of benzene rings is 1. The van der Waals surface area contributed by atoms with E-state index in [2.05, 4.69) is 10.1 Å². The van der Waals surface area contributed by atoms with Crippen LogP contribution in [0.2, 0.25) is 0 Å². The van der Waals surface area contributed by atoms with E-state index in [1.807, 2.05) is 32.0 Å². The van der Waals surface area contributed by atoms with Gasteiger partial charge in [-0.2, -0.15) is 0 Å². The first-order chi connectivity index (χ1) is 14.5. The molecule has 30 heavy (non-hydrogen) atoms. The summed E-state index contributed by atoms with van der Waals surface area (Å²) >= 11 is 0. The number of hydrogen-bond acceptors (Lipinski definition) is 7.